The molecule has 1 aromatic rings. The van der Waals surface area contributed by atoms with E-state index in [1.54, 1.807) is 6.07 Å². The van der Waals surface area contributed by atoms with Gasteiger partial charge in [0.05, 0.1) is 16.1 Å². The molecule has 1 heterocycles. The SMILES string of the molecule is CC(C)CCNC(=O)COC(=O)c1cc(S(=O)(=O)N(C)C)ccc1N1CCCC1. The molecule has 1 saturated heterocycles. The van der Waals surface area contributed by atoms with E-state index in [4.69, 9.17) is 4.74 Å². The van der Waals surface area contributed by atoms with E-state index >= 15 is 0 Å². The molecule has 0 bridgehead atoms. The topological polar surface area (TPSA) is 96.0 Å². The maximum absolute atomic E-state index is 12.7. The molecule has 0 spiro atoms. The molecule has 162 valence electrons. The zero-order valence-corrected chi connectivity index (χ0v) is 18.4. The van der Waals surface area contributed by atoms with Gasteiger partial charge in [0.15, 0.2) is 6.61 Å². The Morgan fingerprint density at radius 1 is 1.21 bits per heavy atom. The summed E-state index contributed by atoms with van der Waals surface area (Å²) in [6.45, 7) is 5.80. The first kappa shape index (κ1) is 23.2. The van der Waals surface area contributed by atoms with Crippen molar-refractivity contribution in [3.05, 3.63) is 23.8 Å². The van der Waals surface area contributed by atoms with Crippen LogP contribution in [-0.4, -0.2) is 64.9 Å². The molecule has 2 rings (SSSR count). The Balaban J connectivity index is 2.18. The summed E-state index contributed by atoms with van der Waals surface area (Å²) < 4.78 is 31.2. The van der Waals surface area contributed by atoms with Gasteiger partial charge in [0.25, 0.3) is 5.91 Å². The number of carbonyl (C=O) groups is 2. The van der Waals surface area contributed by atoms with E-state index in [0.29, 0.717) is 18.2 Å². The van der Waals surface area contributed by atoms with Crippen LogP contribution in [0.1, 0.15) is 43.5 Å². The van der Waals surface area contributed by atoms with Crippen LogP contribution in [0.3, 0.4) is 0 Å². The van der Waals surface area contributed by atoms with E-state index in [2.05, 4.69) is 19.2 Å². The Hall–Kier alpha value is -2.13. The van der Waals surface area contributed by atoms with E-state index in [-0.39, 0.29) is 16.4 Å². The number of anilines is 1. The number of rotatable bonds is 9. The number of hydrogen-bond donors (Lipinski definition) is 1. The monoisotopic (exact) mass is 425 g/mol. The second kappa shape index (κ2) is 10.1. The molecule has 1 fully saturated rings. The number of hydrogen-bond acceptors (Lipinski definition) is 6. The largest absolute Gasteiger partial charge is 0.452 e. The van der Waals surface area contributed by atoms with Gasteiger partial charge in [-0.15, -0.1) is 0 Å². The highest BCUT2D eigenvalue weighted by atomic mass is 32.2. The third-order valence-corrected chi connectivity index (χ3v) is 6.60. The lowest BCUT2D eigenvalue weighted by atomic mass is 10.1. The number of carbonyl (C=O) groups excluding carboxylic acids is 2. The Kier molecular flexibility index (Phi) is 8.04. The summed E-state index contributed by atoms with van der Waals surface area (Å²) in [5.74, 6) is -0.622. The lowest BCUT2D eigenvalue weighted by molar-refractivity contribution is -0.124. The van der Waals surface area contributed by atoms with E-state index in [1.165, 1.54) is 26.2 Å². The van der Waals surface area contributed by atoms with Gasteiger partial charge in [0.1, 0.15) is 0 Å². The van der Waals surface area contributed by atoms with Gasteiger partial charge in [-0.25, -0.2) is 17.5 Å². The second-order valence-electron chi connectivity index (χ2n) is 7.77. The first-order valence-electron chi connectivity index (χ1n) is 9.88. The fourth-order valence-corrected chi connectivity index (χ4v) is 3.97. The molecule has 1 aromatic carbocycles. The molecule has 0 aromatic heterocycles. The summed E-state index contributed by atoms with van der Waals surface area (Å²) in [6, 6.07) is 4.47. The van der Waals surface area contributed by atoms with Crippen LogP contribution in [0.25, 0.3) is 0 Å². The Morgan fingerprint density at radius 2 is 1.86 bits per heavy atom. The van der Waals surface area contributed by atoms with Crippen molar-refractivity contribution >= 4 is 27.6 Å². The smallest absolute Gasteiger partial charge is 0.340 e. The minimum atomic E-state index is -3.70. The molecule has 0 unspecified atom stereocenters. The molecular formula is C20H31N3O5S. The highest BCUT2D eigenvalue weighted by Gasteiger charge is 2.25. The number of ether oxygens (including phenoxy) is 1. The standard InChI is InChI=1S/C20H31N3O5S/c1-15(2)9-10-21-19(24)14-28-20(25)17-13-16(29(26,27)22(3)4)7-8-18(17)23-11-5-6-12-23/h7-8,13,15H,5-6,9-12,14H2,1-4H3,(H,21,24). The maximum Gasteiger partial charge on any atom is 0.340 e. The number of esters is 1. The molecule has 1 aliphatic rings. The van der Waals surface area contributed by atoms with Gasteiger partial charge in [-0.05, 0) is 43.4 Å². The van der Waals surface area contributed by atoms with Crippen molar-refractivity contribution in [1.29, 1.82) is 0 Å². The van der Waals surface area contributed by atoms with Crippen molar-refractivity contribution < 1.29 is 22.7 Å². The Morgan fingerprint density at radius 3 is 2.45 bits per heavy atom. The lowest BCUT2D eigenvalue weighted by Gasteiger charge is -2.22. The van der Waals surface area contributed by atoms with Crippen molar-refractivity contribution in [1.82, 2.24) is 9.62 Å². The normalized spacial score (nSPS) is 14.5. The van der Waals surface area contributed by atoms with Crippen LogP contribution in [0.4, 0.5) is 5.69 Å². The quantitative estimate of drug-likeness (QED) is 0.607. The summed E-state index contributed by atoms with van der Waals surface area (Å²) in [5.41, 5.74) is 0.787. The highest BCUT2D eigenvalue weighted by Crippen LogP contribution is 2.28. The summed E-state index contributed by atoms with van der Waals surface area (Å²) in [4.78, 5) is 26.7. The van der Waals surface area contributed by atoms with Gasteiger partial charge in [0, 0.05) is 33.7 Å². The number of nitrogens with one attached hydrogen (secondary N) is 1. The second-order valence-corrected chi connectivity index (χ2v) is 9.92. The Bertz CT molecular complexity index is 831. The van der Waals surface area contributed by atoms with Crippen LogP contribution in [0.15, 0.2) is 23.1 Å². The zero-order valence-electron chi connectivity index (χ0n) is 17.6. The predicted octanol–water partition coefficient (Wildman–Crippen LogP) is 1.86. The van der Waals surface area contributed by atoms with Crippen LogP contribution >= 0.6 is 0 Å². The first-order chi connectivity index (χ1) is 13.6. The Labute approximate surface area is 173 Å². The molecule has 0 aliphatic carbocycles. The zero-order chi connectivity index (χ0) is 21.6. The van der Waals surface area contributed by atoms with Crippen molar-refractivity contribution in [3.63, 3.8) is 0 Å². The predicted molar refractivity (Wildman–Crippen MR) is 112 cm³/mol. The molecule has 0 atom stereocenters. The van der Waals surface area contributed by atoms with Gasteiger partial charge < -0.3 is 15.0 Å². The molecule has 1 amide bonds. The molecule has 0 saturated carbocycles. The van der Waals surface area contributed by atoms with Crippen LogP contribution in [0.2, 0.25) is 0 Å². The number of benzene rings is 1. The van der Waals surface area contributed by atoms with E-state index in [1.807, 2.05) is 4.90 Å². The van der Waals surface area contributed by atoms with Crippen molar-refractivity contribution in [2.75, 3.05) is 45.2 Å². The third kappa shape index (κ3) is 6.17. The van der Waals surface area contributed by atoms with Crippen molar-refractivity contribution in [3.8, 4) is 0 Å². The van der Waals surface area contributed by atoms with Crippen LogP contribution in [0, 0.1) is 5.92 Å². The summed E-state index contributed by atoms with van der Waals surface area (Å²) in [6.07, 6.45) is 2.85. The molecule has 8 nitrogen and oxygen atoms in total. The lowest BCUT2D eigenvalue weighted by Crippen LogP contribution is -2.30. The van der Waals surface area contributed by atoms with Gasteiger partial charge in [-0.3, -0.25) is 4.79 Å². The van der Waals surface area contributed by atoms with Crippen LogP contribution in [-0.2, 0) is 19.6 Å². The average Bonchev–Trinajstić information content (AvgIpc) is 3.19. The molecule has 1 N–H and O–H groups in total. The number of nitrogens with zero attached hydrogens (tertiary/aromatic N) is 2. The minimum Gasteiger partial charge on any atom is -0.452 e. The maximum atomic E-state index is 12.7. The van der Waals surface area contributed by atoms with Crippen LogP contribution < -0.4 is 10.2 Å². The fraction of sp³-hybridized carbons (Fsp3) is 0.600. The summed E-state index contributed by atoms with van der Waals surface area (Å²) in [7, 11) is -0.829. The van der Waals surface area contributed by atoms with E-state index in [9.17, 15) is 18.0 Å². The highest BCUT2D eigenvalue weighted by molar-refractivity contribution is 7.89. The molecule has 9 heteroatoms. The average molecular weight is 426 g/mol. The van der Waals surface area contributed by atoms with Gasteiger partial charge >= 0.3 is 5.97 Å². The minimum absolute atomic E-state index is 0.0128. The summed E-state index contributed by atoms with van der Waals surface area (Å²) >= 11 is 0. The van der Waals surface area contributed by atoms with Crippen LogP contribution in [0.5, 0.6) is 0 Å². The van der Waals surface area contributed by atoms with Crippen molar-refractivity contribution in [2.24, 2.45) is 5.92 Å². The van der Waals surface area contributed by atoms with Gasteiger partial charge in [-0.1, -0.05) is 13.8 Å². The summed E-state index contributed by atoms with van der Waals surface area (Å²) in [5, 5.41) is 2.71. The first-order valence-corrected chi connectivity index (χ1v) is 11.3. The van der Waals surface area contributed by atoms with E-state index in [0.717, 1.165) is 36.7 Å². The molecule has 29 heavy (non-hydrogen) atoms. The third-order valence-electron chi connectivity index (χ3n) is 4.79. The molecule has 0 radical (unpaired) electrons. The van der Waals surface area contributed by atoms with E-state index < -0.39 is 22.6 Å². The number of sulfonamides is 1. The van der Waals surface area contributed by atoms with Crippen molar-refractivity contribution in [2.45, 2.75) is 38.0 Å². The molecular weight excluding hydrogens is 394 g/mol. The van der Waals surface area contributed by atoms with Gasteiger partial charge in [-0.2, -0.15) is 0 Å². The molecule has 1 aliphatic heterocycles. The van der Waals surface area contributed by atoms with Gasteiger partial charge in [0.2, 0.25) is 10.0 Å². The fourth-order valence-electron chi connectivity index (χ4n) is 3.04. The number of amides is 1.